The van der Waals surface area contributed by atoms with E-state index in [9.17, 15) is 9.59 Å². The summed E-state index contributed by atoms with van der Waals surface area (Å²) in [6.07, 6.45) is 2.38. The zero-order chi connectivity index (χ0) is 12.3. The van der Waals surface area contributed by atoms with Crippen molar-refractivity contribution in [3.05, 3.63) is 0 Å². The number of piperidine rings is 1. The van der Waals surface area contributed by atoms with Crippen LogP contribution in [0.2, 0.25) is 0 Å². The van der Waals surface area contributed by atoms with Crippen molar-refractivity contribution < 1.29 is 14.3 Å². The molecule has 2 amide bonds. The highest BCUT2D eigenvalue weighted by atomic mass is 16.5. The molecule has 2 aliphatic rings. The number of rotatable bonds is 3. The number of carbonyl (C=O) groups excluding carboxylic acids is 2. The smallest absolute Gasteiger partial charge is 0.242 e. The largest absolute Gasteiger partial charge is 0.380 e. The minimum absolute atomic E-state index is 0.0779. The van der Waals surface area contributed by atoms with Gasteiger partial charge in [0, 0.05) is 20.2 Å². The number of methoxy groups -OCH3 is 1. The molecule has 0 bridgehead atoms. The van der Waals surface area contributed by atoms with E-state index in [4.69, 9.17) is 4.74 Å². The summed E-state index contributed by atoms with van der Waals surface area (Å²) in [4.78, 5) is 23.4. The lowest BCUT2D eigenvalue weighted by molar-refractivity contribution is -0.131. The average molecular weight is 241 g/mol. The van der Waals surface area contributed by atoms with E-state index in [0.29, 0.717) is 19.5 Å². The van der Waals surface area contributed by atoms with Crippen LogP contribution >= 0.6 is 0 Å². The average Bonchev–Trinajstić information content (AvgIpc) is 2.81. The summed E-state index contributed by atoms with van der Waals surface area (Å²) in [6.45, 7) is 1.39. The van der Waals surface area contributed by atoms with Crippen LogP contribution in [-0.2, 0) is 14.3 Å². The predicted molar refractivity (Wildman–Crippen MR) is 61.4 cm³/mol. The van der Waals surface area contributed by atoms with Crippen molar-refractivity contribution in [3.8, 4) is 0 Å². The number of ether oxygens (including phenoxy) is 1. The fourth-order valence-corrected chi connectivity index (χ4v) is 2.26. The van der Waals surface area contributed by atoms with Crippen molar-refractivity contribution in [2.45, 2.75) is 37.5 Å². The van der Waals surface area contributed by atoms with Crippen molar-refractivity contribution in [1.82, 2.24) is 16.0 Å². The molecule has 3 atom stereocenters. The molecule has 0 spiro atoms. The van der Waals surface area contributed by atoms with Crippen LogP contribution in [0.25, 0.3) is 0 Å². The first kappa shape index (κ1) is 12.3. The van der Waals surface area contributed by atoms with Gasteiger partial charge < -0.3 is 20.7 Å². The van der Waals surface area contributed by atoms with Crippen LogP contribution in [0, 0.1) is 0 Å². The zero-order valence-corrected chi connectivity index (χ0v) is 9.99. The molecule has 2 aliphatic heterocycles. The van der Waals surface area contributed by atoms with Gasteiger partial charge in [0.05, 0.1) is 12.1 Å². The minimum Gasteiger partial charge on any atom is -0.380 e. The third-order valence-electron chi connectivity index (χ3n) is 3.34. The van der Waals surface area contributed by atoms with Gasteiger partial charge >= 0.3 is 0 Å². The first-order valence-corrected chi connectivity index (χ1v) is 6.05. The Balaban J connectivity index is 1.82. The van der Waals surface area contributed by atoms with Gasteiger partial charge in [-0.05, 0) is 19.3 Å². The van der Waals surface area contributed by atoms with E-state index < -0.39 is 0 Å². The standard InChI is InChI=1S/C11H19N3O3/c1-17-7-5-9(13-6-7)11(16)14-8-3-2-4-12-10(8)15/h7-9,13H,2-6H2,1H3,(H,12,15)(H,14,16). The van der Waals surface area contributed by atoms with Crippen LogP contribution < -0.4 is 16.0 Å². The molecule has 0 radical (unpaired) electrons. The van der Waals surface area contributed by atoms with Gasteiger partial charge in [-0.15, -0.1) is 0 Å². The first-order chi connectivity index (χ1) is 8.20. The molecule has 0 aliphatic carbocycles. The lowest BCUT2D eigenvalue weighted by atomic mass is 10.1. The Labute approximate surface area is 100 Å². The Hall–Kier alpha value is -1.14. The van der Waals surface area contributed by atoms with Gasteiger partial charge in [-0.3, -0.25) is 9.59 Å². The number of nitrogens with one attached hydrogen (secondary N) is 3. The van der Waals surface area contributed by atoms with Gasteiger partial charge in [-0.1, -0.05) is 0 Å². The molecule has 2 rings (SSSR count). The van der Waals surface area contributed by atoms with Crippen LogP contribution in [0.4, 0.5) is 0 Å². The molecule has 6 nitrogen and oxygen atoms in total. The van der Waals surface area contributed by atoms with Gasteiger partial charge in [0.15, 0.2) is 0 Å². The Morgan fingerprint density at radius 1 is 1.53 bits per heavy atom. The van der Waals surface area contributed by atoms with Crippen LogP contribution in [0.15, 0.2) is 0 Å². The molecule has 96 valence electrons. The van der Waals surface area contributed by atoms with Gasteiger partial charge in [-0.2, -0.15) is 0 Å². The van der Waals surface area contributed by atoms with E-state index >= 15 is 0 Å². The number of hydrogen-bond donors (Lipinski definition) is 3. The van der Waals surface area contributed by atoms with E-state index in [2.05, 4.69) is 16.0 Å². The van der Waals surface area contributed by atoms with Crippen LogP contribution in [0.1, 0.15) is 19.3 Å². The molecule has 17 heavy (non-hydrogen) atoms. The SMILES string of the molecule is COC1CNC(C(=O)NC2CCCNC2=O)C1. The summed E-state index contributed by atoms with van der Waals surface area (Å²) in [6, 6.07) is -0.616. The third-order valence-corrected chi connectivity index (χ3v) is 3.34. The van der Waals surface area contributed by atoms with E-state index in [1.807, 2.05) is 0 Å². The van der Waals surface area contributed by atoms with Crippen LogP contribution in [0.5, 0.6) is 0 Å². The molecule has 0 saturated carbocycles. The second-order valence-corrected chi connectivity index (χ2v) is 4.55. The minimum atomic E-state index is -0.375. The van der Waals surface area contributed by atoms with E-state index in [0.717, 1.165) is 12.8 Å². The monoisotopic (exact) mass is 241 g/mol. The van der Waals surface area contributed by atoms with Crippen molar-refractivity contribution in [2.24, 2.45) is 0 Å². The molecule has 3 unspecified atom stereocenters. The highest BCUT2D eigenvalue weighted by molar-refractivity contribution is 5.90. The Bertz CT molecular complexity index is 308. The quantitative estimate of drug-likeness (QED) is 0.577. The summed E-state index contributed by atoms with van der Waals surface area (Å²) >= 11 is 0. The summed E-state index contributed by atoms with van der Waals surface area (Å²) in [5, 5.41) is 8.63. The van der Waals surface area contributed by atoms with E-state index in [1.54, 1.807) is 7.11 Å². The van der Waals surface area contributed by atoms with Gasteiger partial charge in [-0.25, -0.2) is 0 Å². The molecule has 0 aromatic rings. The van der Waals surface area contributed by atoms with Gasteiger partial charge in [0.25, 0.3) is 0 Å². The van der Waals surface area contributed by atoms with E-state index in [-0.39, 0.29) is 30.0 Å². The second kappa shape index (κ2) is 5.46. The third kappa shape index (κ3) is 2.95. The fourth-order valence-electron chi connectivity index (χ4n) is 2.26. The van der Waals surface area contributed by atoms with Gasteiger partial charge in [0.2, 0.25) is 11.8 Å². The van der Waals surface area contributed by atoms with Crippen molar-refractivity contribution in [3.63, 3.8) is 0 Å². The van der Waals surface area contributed by atoms with Crippen molar-refractivity contribution in [2.75, 3.05) is 20.2 Å². The molecule has 2 saturated heterocycles. The summed E-state index contributed by atoms with van der Waals surface area (Å²) in [7, 11) is 1.64. The maximum Gasteiger partial charge on any atom is 0.242 e. The normalized spacial score (nSPS) is 33.2. The lowest BCUT2D eigenvalue weighted by Crippen LogP contribution is -2.53. The maximum atomic E-state index is 11.9. The number of carbonyl (C=O) groups is 2. The molecular formula is C11H19N3O3. The Kier molecular flexibility index (Phi) is 3.96. The topological polar surface area (TPSA) is 79.5 Å². The molecule has 6 heteroatoms. The molecule has 0 aromatic carbocycles. The first-order valence-electron chi connectivity index (χ1n) is 6.05. The molecule has 0 aromatic heterocycles. The highest BCUT2D eigenvalue weighted by Crippen LogP contribution is 2.11. The number of hydrogen-bond acceptors (Lipinski definition) is 4. The zero-order valence-electron chi connectivity index (χ0n) is 9.99. The Morgan fingerprint density at radius 2 is 2.35 bits per heavy atom. The highest BCUT2D eigenvalue weighted by Gasteiger charge is 2.32. The van der Waals surface area contributed by atoms with Gasteiger partial charge in [0.1, 0.15) is 6.04 Å². The predicted octanol–water partition coefficient (Wildman–Crippen LogP) is -1.24. The number of amides is 2. The lowest BCUT2D eigenvalue weighted by Gasteiger charge is -2.24. The van der Waals surface area contributed by atoms with Crippen LogP contribution in [-0.4, -0.2) is 50.2 Å². The fraction of sp³-hybridized carbons (Fsp3) is 0.818. The summed E-state index contributed by atoms with van der Waals surface area (Å²) in [5.41, 5.74) is 0. The van der Waals surface area contributed by atoms with Crippen LogP contribution in [0.3, 0.4) is 0 Å². The second-order valence-electron chi connectivity index (χ2n) is 4.55. The molecular weight excluding hydrogens is 222 g/mol. The maximum absolute atomic E-state index is 11.9. The molecule has 2 fully saturated rings. The summed E-state index contributed by atoms with van der Waals surface area (Å²) < 4.78 is 5.18. The summed E-state index contributed by atoms with van der Waals surface area (Å²) in [5.74, 6) is -0.183. The van der Waals surface area contributed by atoms with Crippen molar-refractivity contribution >= 4 is 11.8 Å². The Morgan fingerprint density at radius 3 is 3.00 bits per heavy atom. The molecule has 2 heterocycles. The molecule has 3 N–H and O–H groups in total. The van der Waals surface area contributed by atoms with E-state index in [1.165, 1.54) is 0 Å². The van der Waals surface area contributed by atoms with Crippen molar-refractivity contribution in [1.29, 1.82) is 0 Å².